The van der Waals surface area contributed by atoms with Gasteiger partial charge in [0.25, 0.3) is 0 Å². The summed E-state index contributed by atoms with van der Waals surface area (Å²) in [7, 11) is -4.18. The first-order valence-electron chi connectivity index (χ1n) is 11.7. The predicted octanol–water partition coefficient (Wildman–Crippen LogP) is 5.78. The Morgan fingerprint density at radius 2 is 1.89 bits per heavy atom. The van der Waals surface area contributed by atoms with Crippen molar-refractivity contribution in [3.05, 3.63) is 81.0 Å². The molecule has 0 aliphatic rings. The van der Waals surface area contributed by atoms with Gasteiger partial charge in [0.2, 0.25) is 15.7 Å². The third-order valence-corrected chi connectivity index (χ3v) is 8.24. The fraction of sp³-hybridized carbons (Fsp3) is 0.259. The van der Waals surface area contributed by atoms with Gasteiger partial charge in [0.1, 0.15) is 16.2 Å². The largest absolute Gasteiger partial charge is 0.402 e. The molecule has 1 N–H and O–H groups in total. The van der Waals surface area contributed by atoms with Crippen LogP contribution in [0.5, 0.6) is 0 Å². The number of rotatable bonds is 5. The molecule has 0 fully saturated rings. The Hall–Kier alpha value is -3.27. The van der Waals surface area contributed by atoms with Crippen LogP contribution in [0.3, 0.4) is 0 Å². The van der Waals surface area contributed by atoms with Crippen LogP contribution in [0.1, 0.15) is 38.8 Å². The first-order chi connectivity index (χ1) is 17.4. The molecular weight excluding hydrogens is 517 g/mol. The van der Waals surface area contributed by atoms with E-state index in [9.17, 15) is 17.6 Å². The normalized spacial score (nSPS) is 12.7. The monoisotopic (exact) mass is 541 g/mol. The molecule has 5 aromatic rings. The minimum absolute atomic E-state index is 0.0130. The van der Waals surface area contributed by atoms with Gasteiger partial charge >= 0.3 is 5.63 Å². The Kier molecular flexibility index (Phi) is 6.13. The summed E-state index contributed by atoms with van der Waals surface area (Å²) < 4.78 is 50.5. The Bertz CT molecular complexity index is 1870. The van der Waals surface area contributed by atoms with Crippen molar-refractivity contribution in [1.29, 1.82) is 0 Å². The number of fused-ring (bicyclic) bond motifs is 5. The van der Waals surface area contributed by atoms with E-state index in [4.69, 9.17) is 16.0 Å². The average Bonchev–Trinajstić information content (AvgIpc) is 3.13. The third-order valence-electron chi connectivity index (χ3n) is 6.12. The van der Waals surface area contributed by atoms with Gasteiger partial charge in [0.15, 0.2) is 0 Å². The molecule has 192 valence electrons. The summed E-state index contributed by atoms with van der Waals surface area (Å²) in [5.74, 6) is -0.961. The first-order valence-corrected chi connectivity index (χ1v) is 13.6. The maximum atomic E-state index is 14.8. The highest BCUT2D eigenvalue weighted by Crippen LogP contribution is 2.35. The molecule has 0 spiro atoms. The van der Waals surface area contributed by atoms with E-state index in [0.717, 1.165) is 29.0 Å². The van der Waals surface area contributed by atoms with E-state index >= 15 is 0 Å². The molecule has 3 heterocycles. The number of nitrogens with zero attached hydrogens (tertiary/aromatic N) is 2. The maximum Gasteiger partial charge on any atom is 0.362 e. The lowest BCUT2D eigenvalue weighted by atomic mass is 10.1. The molecule has 0 saturated heterocycles. The lowest BCUT2D eigenvalue weighted by molar-refractivity contribution is 0.486. The molecule has 7 nitrogen and oxygen atoms in total. The van der Waals surface area contributed by atoms with Crippen LogP contribution in [0.25, 0.3) is 32.9 Å². The van der Waals surface area contributed by atoms with E-state index in [1.165, 1.54) is 6.07 Å². The number of sulfonamides is 1. The number of nitrogens with one attached hydrogen (secondary N) is 1. The van der Waals surface area contributed by atoms with Crippen LogP contribution in [0, 0.1) is 5.82 Å². The van der Waals surface area contributed by atoms with Gasteiger partial charge < -0.3 is 8.98 Å². The average molecular weight is 542 g/mol. The van der Waals surface area contributed by atoms with Crippen molar-refractivity contribution >= 4 is 54.5 Å². The van der Waals surface area contributed by atoms with E-state index in [2.05, 4.69) is 9.71 Å². The standard InChI is InChI=1S/C27H25ClFN3O4S/c1-5-15-8-9-21-18(11-15)23-17-7-6-10-30-25(17)36-26(33)24(23)32(21)14-16-12-22(20(29)13-19(16)28)37(34,35)31-27(2,3)4/h6-13,31H,5,14H2,1-4H3. The summed E-state index contributed by atoms with van der Waals surface area (Å²) in [5, 5.41) is 2.24. The third kappa shape index (κ3) is 4.52. The van der Waals surface area contributed by atoms with Crippen LogP contribution >= 0.6 is 11.6 Å². The Balaban J connectivity index is 1.79. The second kappa shape index (κ2) is 8.93. The Labute approximate surface area is 217 Å². The number of hydrogen-bond acceptors (Lipinski definition) is 5. The van der Waals surface area contributed by atoms with Crippen molar-refractivity contribution in [2.24, 2.45) is 0 Å². The smallest absolute Gasteiger partial charge is 0.362 e. The van der Waals surface area contributed by atoms with Crippen molar-refractivity contribution in [1.82, 2.24) is 14.3 Å². The van der Waals surface area contributed by atoms with Gasteiger partial charge in [0.05, 0.1) is 0 Å². The minimum atomic E-state index is -4.18. The number of aromatic nitrogens is 2. The van der Waals surface area contributed by atoms with Crippen LogP contribution in [0.4, 0.5) is 4.39 Å². The lowest BCUT2D eigenvalue weighted by Crippen LogP contribution is -2.40. The van der Waals surface area contributed by atoms with E-state index in [1.807, 2.05) is 31.2 Å². The van der Waals surface area contributed by atoms with Gasteiger partial charge in [-0.05, 0) is 74.7 Å². The van der Waals surface area contributed by atoms with Crippen molar-refractivity contribution < 1.29 is 17.2 Å². The highest BCUT2D eigenvalue weighted by Gasteiger charge is 2.27. The van der Waals surface area contributed by atoms with Crippen LogP contribution in [-0.2, 0) is 23.0 Å². The summed E-state index contributed by atoms with van der Waals surface area (Å²) in [4.78, 5) is 16.9. The molecule has 0 unspecified atom stereocenters. The molecule has 2 aromatic carbocycles. The molecule has 3 aromatic heterocycles. The number of benzene rings is 2. The summed E-state index contributed by atoms with van der Waals surface area (Å²) in [5.41, 5.74) is 1.26. The SMILES string of the molecule is CCc1ccc2c(c1)c1c3cccnc3oc(=O)c1n2Cc1cc(S(=O)(=O)NC(C)(C)C)c(F)cc1Cl. The number of halogens is 2. The summed E-state index contributed by atoms with van der Waals surface area (Å²) in [6.45, 7) is 7.06. The Morgan fingerprint density at radius 1 is 1.14 bits per heavy atom. The minimum Gasteiger partial charge on any atom is -0.402 e. The molecule has 0 saturated carbocycles. The first kappa shape index (κ1) is 25.4. The zero-order valence-electron chi connectivity index (χ0n) is 20.7. The summed E-state index contributed by atoms with van der Waals surface area (Å²) in [6.07, 6.45) is 2.35. The van der Waals surface area contributed by atoms with Gasteiger partial charge in [-0.25, -0.2) is 27.3 Å². The van der Waals surface area contributed by atoms with E-state index < -0.39 is 31.9 Å². The van der Waals surface area contributed by atoms with Gasteiger partial charge in [-0.3, -0.25) is 0 Å². The summed E-state index contributed by atoms with van der Waals surface area (Å²) in [6, 6.07) is 11.7. The van der Waals surface area contributed by atoms with Crippen molar-refractivity contribution in [3.8, 4) is 0 Å². The topological polar surface area (TPSA) is 94.2 Å². The molecule has 0 amide bonds. The molecule has 0 atom stereocenters. The van der Waals surface area contributed by atoms with Crippen molar-refractivity contribution in [3.63, 3.8) is 0 Å². The quantitative estimate of drug-likeness (QED) is 0.304. The van der Waals surface area contributed by atoms with Crippen molar-refractivity contribution in [2.45, 2.75) is 51.1 Å². The van der Waals surface area contributed by atoms with Crippen LogP contribution in [0.2, 0.25) is 5.02 Å². The lowest BCUT2D eigenvalue weighted by Gasteiger charge is -2.21. The predicted molar refractivity (Wildman–Crippen MR) is 143 cm³/mol. The molecule has 0 bridgehead atoms. The second-order valence-corrected chi connectivity index (χ2v) is 12.0. The van der Waals surface area contributed by atoms with E-state index in [-0.39, 0.29) is 17.3 Å². The molecular formula is C27H25ClFN3O4S. The van der Waals surface area contributed by atoms with Crippen LogP contribution < -0.4 is 10.3 Å². The fourth-order valence-corrected chi connectivity index (χ4v) is 6.34. The highest BCUT2D eigenvalue weighted by atomic mass is 35.5. The number of aryl methyl sites for hydroxylation is 1. The van der Waals surface area contributed by atoms with Gasteiger partial charge in [0, 0.05) is 45.0 Å². The van der Waals surface area contributed by atoms with Gasteiger partial charge in [-0.15, -0.1) is 0 Å². The molecule has 0 aliphatic heterocycles. The maximum absolute atomic E-state index is 14.8. The van der Waals surface area contributed by atoms with E-state index in [0.29, 0.717) is 21.9 Å². The Morgan fingerprint density at radius 3 is 2.59 bits per heavy atom. The van der Waals surface area contributed by atoms with Crippen molar-refractivity contribution in [2.75, 3.05) is 0 Å². The molecule has 10 heteroatoms. The summed E-state index contributed by atoms with van der Waals surface area (Å²) >= 11 is 6.41. The van der Waals surface area contributed by atoms with E-state index in [1.54, 1.807) is 37.6 Å². The highest BCUT2D eigenvalue weighted by molar-refractivity contribution is 7.89. The van der Waals surface area contributed by atoms with Gasteiger partial charge in [-0.2, -0.15) is 0 Å². The molecule has 0 radical (unpaired) electrons. The second-order valence-electron chi connectivity index (χ2n) is 9.99. The van der Waals surface area contributed by atoms with Crippen LogP contribution in [0.15, 0.2) is 62.8 Å². The molecule has 37 heavy (non-hydrogen) atoms. The van der Waals surface area contributed by atoms with Gasteiger partial charge in [-0.1, -0.05) is 24.6 Å². The number of pyridine rings is 1. The number of hydrogen-bond donors (Lipinski definition) is 1. The zero-order valence-corrected chi connectivity index (χ0v) is 22.3. The zero-order chi connectivity index (χ0) is 26.7. The molecule has 5 rings (SSSR count). The van der Waals surface area contributed by atoms with Crippen LogP contribution in [-0.4, -0.2) is 23.5 Å². The fourth-order valence-electron chi connectivity index (χ4n) is 4.60. The molecule has 0 aliphatic carbocycles.